The Hall–Kier alpha value is -1.29. The Morgan fingerprint density at radius 1 is 1.32 bits per heavy atom. The van der Waals surface area contributed by atoms with Crippen molar-refractivity contribution in [2.75, 3.05) is 36.8 Å². The molecule has 0 unspecified atom stereocenters. The monoisotopic (exact) mass is 440 g/mol. The molecule has 0 atom stereocenters. The van der Waals surface area contributed by atoms with Crippen molar-refractivity contribution >= 4 is 46.8 Å². The number of halogens is 1. The number of hydrogen-bond acceptors (Lipinski definition) is 7. The lowest BCUT2D eigenvalue weighted by Crippen LogP contribution is -2.47. The van der Waals surface area contributed by atoms with Gasteiger partial charge in [-0.1, -0.05) is 36.9 Å². The Bertz CT molecular complexity index is 888. The van der Waals surface area contributed by atoms with Gasteiger partial charge >= 0.3 is 0 Å². The molecule has 28 heavy (non-hydrogen) atoms. The first-order valence-corrected chi connectivity index (χ1v) is 11.5. The zero-order valence-corrected chi connectivity index (χ0v) is 18.8. The van der Waals surface area contributed by atoms with Crippen LogP contribution in [0.2, 0.25) is 0 Å². The summed E-state index contributed by atoms with van der Waals surface area (Å²) in [7, 11) is 0. The Morgan fingerprint density at radius 2 is 2.04 bits per heavy atom. The van der Waals surface area contributed by atoms with Crippen LogP contribution in [-0.4, -0.2) is 52.4 Å². The fourth-order valence-corrected chi connectivity index (χ4v) is 5.27. The molecular formula is C19H25FN4OS3. The molecule has 0 radical (unpaired) electrons. The molecular weight excluding hydrogens is 415 g/mol. The first kappa shape index (κ1) is 21.4. The van der Waals surface area contributed by atoms with Gasteiger partial charge in [0.2, 0.25) is 0 Å². The number of aromatic nitrogens is 2. The van der Waals surface area contributed by atoms with Crippen molar-refractivity contribution in [1.82, 2.24) is 14.7 Å². The first-order valence-electron chi connectivity index (χ1n) is 9.32. The highest BCUT2D eigenvalue weighted by molar-refractivity contribution is 8.01. The van der Waals surface area contributed by atoms with E-state index in [4.69, 9.17) is 12.2 Å². The summed E-state index contributed by atoms with van der Waals surface area (Å²) in [5.41, 5.74) is 0.964. The number of carbonyl (C=O) groups is 1. The Balaban J connectivity index is 1.57. The molecule has 1 aliphatic heterocycles. The van der Waals surface area contributed by atoms with Gasteiger partial charge in [-0.2, -0.15) is 5.10 Å². The molecule has 9 heteroatoms. The highest BCUT2D eigenvalue weighted by Gasteiger charge is 2.21. The lowest BCUT2D eigenvalue weighted by molar-refractivity contribution is 0.101. The van der Waals surface area contributed by atoms with Crippen LogP contribution in [0.5, 0.6) is 0 Å². The molecule has 2 aromatic rings. The zero-order valence-electron chi connectivity index (χ0n) is 16.4. The minimum atomic E-state index is -0.338. The molecule has 2 heterocycles. The second-order valence-corrected chi connectivity index (χ2v) is 10.2. The van der Waals surface area contributed by atoms with Gasteiger partial charge in [-0.3, -0.25) is 9.69 Å². The number of ketones is 1. The third-order valence-electron chi connectivity index (χ3n) is 4.53. The summed E-state index contributed by atoms with van der Waals surface area (Å²) in [6, 6.07) is 4.73. The van der Waals surface area contributed by atoms with E-state index in [2.05, 4.69) is 23.8 Å². The SMILES string of the molecule is CC(=O)c1ccc(N2CCN(Cn3nc(SCC(C)C)sc3=S)CC2)c(F)c1. The highest BCUT2D eigenvalue weighted by Crippen LogP contribution is 2.25. The predicted octanol–water partition coefficient (Wildman–Crippen LogP) is 4.54. The van der Waals surface area contributed by atoms with Crippen molar-refractivity contribution in [1.29, 1.82) is 0 Å². The number of carbonyl (C=O) groups excluding carboxylic acids is 1. The third kappa shape index (κ3) is 5.40. The van der Waals surface area contributed by atoms with Gasteiger partial charge in [-0.15, -0.1) is 0 Å². The maximum absolute atomic E-state index is 14.4. The first-order chi connectivity index (χ1) is 13.3. The molecule has 3 rings (SSSR count). The minimum absolute atomic E-state index is 0.124. The number of thioether (sulfide) groups is 1. The van der Waals surface area contributed by atoms with E-state index in [0.717, 1.165) is 40.2 Å². The highest BCUT2D eigenvalue weighted by atomic mass is 32.2. The van der Waals surface area contributed by atoms with Crippen molar-refractivity contribution in [2.24, 2.45) is 5.92 Å². The van der Waals surface area contributed by atoms with Crippen LogP contribution < -0.4 is 4.90 Å². The maximum Gasteiger partial charge on any atom is 0.181 e. The van der Waals surface area contributed by atoms with Crippen molar-refractivity contribution in [3.63, 3.8) is 0 Å². The summed E-state index contributed by atoms with van der Waals surface area (Å²) in [6.07, 6.45) is 0. The zero-order chi connectivity index (χ0) is 20.3. The number of benzene rings is 1. The molecule has 0 bridgehead atoms. The molecule has 0 N–H and O–H groups in total. The number of piperazine rings is 1. The number of rotatable bonds is 7. The normalized spacial score (nSPS) is 15.4. The van der Waals surface area contributed by atoms with Crippen LogP contribution in [0.3, 0.4) is 0 Å². The van der Waals surface area contributed by atoms with Crippen LogP contribution in [0.15, 0.2) is 22.5 Å². The molecule has 1 aromatic heterocycles. The van der Waals surface area contributed by atoms with Crippen LogP contribution in [-0.2, 0) is 6.67 Å². The largest absolute Gasteiger partial charge is 0.367 e. The van der Waals surface area contributed by atoms with Crippen LogP contribution in [0.4, 0.5) is 10.1 Å². The molecule has 0 amide bonds. The van der Waals surface area contributed by atoms with Crippen molar-refractivity contribution < 1.29 is 9.18 Å². The van der Waals surface area contributed by atoms with Gasteiger partial charge in [0.1, 0.15) is 5.82 Å². The Kier molecular flexibility index (Phi) is 7.25. The topological polar surface area (TPSA) is 41.4 Å². The van der Waals surface area contributed by atoms with E-state index in [1.165, 1.54) is 13.0 Å². The molecule has 152 valence electrons. The van der Waals surface area contributed by atoms with Crippen molar-refractivity contribution in [2.45, 2.75) is 31.8 Å². The van der Waals surface area contributed by atoms with Gasteiger partial charge in [0.25, 0.3) is 0 Å². The quantitative estimate of drug-likeness (QED) is 0.358. The fourth-order valence-electron chi connectivity index (χ4n) is 2.97. The minimum Gasteiger partial charge on any atom is -0.367 e. The number of hydrogen-bond donors (Lipinski definition) is 0. The predicted molar refractivity (Wildman–Crippen MR) is 117 cm³/mol. The van der Waals surface area contributed by atoms with Crippen LogP contribution in [0.25, 0.3) is 0 Å². The molecule has 1 aromatic carbocycles. The summed E-state index contributed by atoms with van der Waals surface area (Å²) in [6.45, 7) is 9.56. The van der Waals surface area contributed by atoms with Gasteiger partial charge < -0.3 is 4.90 Å². The van der Waals surface area contributed by atoms with E-state index in [0.29, 0.717) is 23.8 Å². The van der Waals surface area contributed by atoms with Gasteiger partial charge in [0, 0.05) is 37.5 Å². The van der Waals surface area contributed by atoms with E-state index < -0.39 is 0 Å². The van der Waals surface area contributed by atoms with Gasteiger partial charge in [-0.05, 0) is 43.3 Å². The Morgan fingerprint density at radius 3 is 2.64 bits per heavy atom. The fraction of sp³-hybridized carbons (Fsp3) is 0.526. The second-order valence-electron chi connectivity index (χ2n) is 7.31. The Labute approximate surface area is 178 Å². The van der Waals surface area contributed by atoms with Crippen LogP contribution in [0, 0.1) is 15.7 Å². The second kappa shape index (κ2) is 9.47. The molecule has 5 nitrogen and oxygen atoms in total. The summed E-state index contributed by atoms with van der Waals surface area (Å²) in [5, 5.41) is 4.64. The smallest absolute Gasteiger partial charge is 0.181 e. The van der Waals surface area contributed by atoms with E-state index in [1.54, 1.807) is 35.2 Å². The number of anilines is 1. The standard InChI is InChI=1S/C19H25FN4OS3/c1-13(2)11-27-18-21-24(19(26)28-18)12-22-6-8-23(9-7-22)17-5-4-15(14(3)25)10-16(17)20/h4-5,10,13H,6-9,11-12H2,1-3H3. The van der Waals surface area contributed by atoms with Gasteiger partial charge in [0.05, 0.1) is 12.4 Å². The van der Waals surface area contributed by atoms with Gasteiger partial charge in [-0.25, -0.2) is 9.07 Å². The summed E-state index contributed by atoms with van der Waals surface area (Å²) in [4.78, 5) is 15.7. The molecule has 1 aliphatic rings. The maximum atomic E-state index is 14.4. The summed E-state index contributed by atoms with van der Waals surface area (Å²) < 4.78 is 18.1. The lowest BCUT2D eigenvalue weighted by atomic mass is 10.1. The summed E-state index contributed by atoms with van der Waals surface area (Å²) >= 11 is 8.78. The molecule has 1 fully saturated rings. The van der Waals surface area contributed by atoms with Crippen molar-refractivity contribution in [3.05, 3.63) is 33.5 Å². The third-order valence-corrected chi connectivity index (χ3v) is 7.40. The van der Waals surface area contributed by atoms with Gasteiger partial charge in [0.15, 0.2) is 14.1 Å². The molecule has 0 saturated carbocycles. The van der Waals surface area contributed by atoms with E-state index in [9.17, 15) is 9.18 Å². The molecule has 0 spiro atoms. The number of Topliss-reactive ketones (excluding diaryl/α,β-unsaturated/α-hetero) is 1. The molecule has 0 aliphatic carbocycles. The van der Waals surface area contributed by atoms with Crippen molar-refractivity contribution in [3.8, 4) is 0 Å². The number of nitrogens with zero attached hydrogens (tertiary/aromatic N) is 4. The van der Waals surface area contributed by atoms with E-state index in [1.807, 2.05) is 9.58 Å². The van der Waals surface area contributed by atoms with E-state index >= 15 is 0 Å². The van der Waals surface area contributed by atoms with E-state index in [-0.39, 0.29) is 11.6 Å². The lowest BCUT2D eigenvalue weighted by Gasteiger charge is -2.36. The van der Waals surface area contributed by atoms with Crippen LogP contribution in [0.1, 0.15) is 31.1 Å². The molecule has 1 saturated heterocycles. The van der Waals surface area contributed by atoms with Crippen LogP contribution >= 0.6 is 35.3 Å². The average Bonchev–Trinajstić information content (AvgIpc) is 3.00. The average molecular weight is 441 g/mol. The summed E-state index contributed by atoms with van der Waals surface area (Å²) in [5.74, 6) is 1.19.